The maximum absolute atomic E-state index is 12.9. The Hall–Kier alpha value is -5.23. The summed E-state index contributed by atoms with van der Waals surface area (Å²) >= 11 is 0. The number of imidazole rings is 2. The van der Waals surface area contributed by atoms with Crippen molar-refractivity contribution >= 4 is 28.7 Å². The molecule has 2 aromatic carbocycles. The maximum atomic E-state index is 12.9. The number of amides is 1. The van der Waals surface area contributed by atoms with Gasteiger partial charge in [-0.3, -0.25) is 14.9 Å². The fraction of sp³-hybridized carbons (Fsp3) is 0.0741. The first-order valence-electron chi connectivity index (χ1n) is 11.0. The molecule has 0 aliphatic rings. The maximum Gasteiger partial charge on any atom is 0.276 e. The first kappa shape index (κ1) is 22.6. The SMILES string of the molecule is COc1cccc(C#Cc2cccc(C(=O)Nc3nc4c(C(=O)Cc5ncc[nH]5)cccc4[nH]3)n2)c1. The largest absolute Gasteiger partial charge is 0.497 e. The van der Waals surface area contributed by atoms with Crippen molar-refractivity contribution in [2.45, 2.75) is 6.42 Å². The van der Waals surface area contributed by atoms with Crippen molar-refractivity contribution in [2.24, 2.45) is 0 Å². The number of aromatic nitrogens is 5. The third kappa shape index (κ3) is 4.98. The average Bonchev–Trinajstić information content (AvgIpc) is 3.57. The number of pyridine rings is 1. The van der Waals surface area contributed by atoms with Crippen molar-refractivity contribution in [1.82, 2.24) is 24.9 Å². The Kier molecular flexibility index (Phi) is 6.23. The molecule has 0 fully saturated rings. The number of benzene rings is 2. The fourth-order valence-electron chi connectivity index (χ4n) is 3.60. The van der Waals surface area contributed by atoms with Gasteiger partial charge in [0.2, 0.25) is 5.95 Å². The van der Waals surface area contributed by atoms with Crippen molar-refractivity contribution in [1.29, 1.82) is 0 Å². The number of aromatic amines is 2. The lowest BCUT2D eigenvalue weighted by Gasteiger charge is -2.01. The molecule has 0 aliphatic heterocycles. The minimum absolute atomic E-state index is 0.119. The van der Waals surface area contributed by atoms with E-state index in [0.29, 0.717) is 33.9 Å². The number of nitrogens with one attached hydrogen (secondary N) is 3. The van der Waals surface area contributed by atoms with Crippen LogP contribution in [0.2, 0.25) is 0 Å². The molecule has 9 nitrogen and oxygen atoms in total. The van der Waals surface area contributed by atoms with Gasteiger partial charge < -0.3 is 14.7 Å². The topological polar surface area (TPSA) is 126 Å². The molecule has 0 spiro atoms. The number of rotatable bonds is 6. The molecule has 3 N–H and O–H groups in total. The molecule has 0 unspecified atom stereocenters. The van der Waals surface area contributed by atoms with Crippen LogP contribution < -0.4 is 10.1 Å². The van der Waals surface area contributed by atoms with Gasteiger partial charge in [-0.15, -0.1) is 0 Å². The summed E-state index contributed by atoms with van der Waals surface area (Å²) in [4.78, 5) is 44.5. The second-order valence-electron chi connectivity index (χ2n) is 7.77. The normalized spacial score (nSPS) is 10.5. The van der Waals surface area contributed by atoms with Crippen LogP contribution in [0.4, 0.5) is 5.95 Å². The predicted octanol–water partition coefficient (Wildman–Crippen LogP) is 3.77. The van der Waals surface area contributed by atoms with Crippen molar-refractivity contribution < 1.29 is 14.3 Å². The zero-order valence-corrected chi connectivity index (χ0v) is 19.2. The molecule has 0 aliphatic carbocycles. The highest BCUT2D eigenvalue weighted by Gasteiger charge is 2.17. The van der Waals surface area contributed by atoms with Gasteiger partial charge in [0.05, 0.1) is 19.0 Å². The van der Waals surface area contributed by atoms with Crippen LogP contribution in [0.5, 0.6) is 5.75 Å². The number of H-pyrrole nitrogens is 2. The van der Waals surface area contributed by atoms with E-state index in [1.165, 1.54) is 0 Å². The molecule has 5 rings (SSSR count). The summed E-state index contributed by atoms with van der Waals surface area (Å²) in [7, 11) is 1.60. The van der Waals surface area contributed by atoms with Gasteiger partial charge in [0.25, 0.3) is 5.91 Å². The fourth-order valence-corrected chi connectivity index (χ4v) is 3.60. The summed E-state index contributed by atoms with van der Waals surface area (Å²) < 4.78 is 5.21. The quantitative estimate of drug-likeness (QED) is 0.253. The van der Waals surface area contributed by atoms with Crippen LogP contribution in [0.25, 0.3) is 11.0 Å². The number of carbonyl (C=O) groups excluding carboxylic acids is 2. The summed E-state index contributed by atoms with van der Waals surface area (Å²) in [5, 5.41) is 2.71. The molecule has 0 bridgehead atoms. The molecule has 5 aromatic rings. The van der Waals surface area contributed by atoms with E-state index in [9.17, 15) is 9.59 Å². The number of nitrogens with zero attached hydrogens (tertiary/aromatic N) is 3. The molecule has 36 heavy (non-hydrogen) atoms. The summed E-state index contributed by atoms with van der Waals surface area (Å²) in [6.07, 6.45) is 3.38. The number of hydrogen-bond acceptors (Lipinski definition) is 6. The molecule has 0 atom stereocenters. The van der Waals surface area contributed by atoms with Crippen LogP contribution in [0.15, 0.2) is 73.1 Å². The molecule has 0 saturated heterocycles. The highest BCUT2D eigenvalue weighted by atomic mass is 16.5. The van der Waals surface area contributed by atoms with E-state index >= 15 is 0 Å². The van der Waals surface area contributed by atoms with Gasteiger partial charge in [0.1, 0.15) is 28.5 Å². The van der Waals surface area contributed by atoms with Gasteiger partial charge in [0, 0.05) is 23.5 Å². The molecule has 176 valence electrons. The number of para-hydroxylation sites is 1. The highest BCUT2D eigenvalue weighted by Crippen LogP contribution is 2.20. The zero-order chi connectivity index (χ0) is 24.9. The number of hydrogen-bond donors (Lipinski definition) is 3. The number of methoxy groups -OCH3 is 1. The second-order valence-corrected chi connectivity index (χ2v) is 7.77. The van der Waals surface area contributed by atoms with Gasteiger partial charge in [-0.05, 0) is 48.4 Å². The van der Waals surface area contributed by atoms with Crippen molar-refractivity contribution in [3.63, 3.8) is 0 Å². The van der Waals surface area contributed by atoms with E-state index in [1.807, 2.05) is 24.3 Å². The monoisotopic (exact) mass is 476 g/mol. The molecule has 9 heteroatoms. The lowest BCUT2D eigenvalue weighted by Crippen LogP contribution is -2.15. The Morgan fingerprint density at radius 1 is 1.03 bits per heavy atom. The number of carbonyl (C=O) groups is 2. The highest BCUT2D eigenvalue weighted by molar-refractivity contribution is 6.08. The molecule has 0 saturated carbocycles. The molecule has 0 radical (unpaired) electrons. The van der Waals surface area contributed by atoms with Gasteiger partial charge >= 0.3 is 0 Å². The Labute approximate surface area is 206 Å². The third-order valence-corrected chi connectivity index (χ3v) is 5.31. The molecular weight excluding hydrogens is 456 g/mol. The number of Topliss-reactive ketones (excluding diaryl/α,β-unsaturated/α-hetero) is 1. The lowest BCUT2D eigenvalue weighted by molar-refractivity contribution is 0.0990. The number of ether oxygens (including phenoxy) is 1. The Morgan fingerprint density at radius 2 is 1.89 bits per heavy atom. The third-order valence-electron chi connectivity index (χ3n) is 5.31. The molecule has 3 aromatic heterocycles. The summed E-state index contributed by atoms with van der Waals surface area (Å²) in [5.41, 5.74) is 2.93. The smallest absolute Gasteiger partial charge is 0.276 e. The number of anilines is 1. The van der Waals surface area contributed by atoms with Gasteiger partial charge in [0.15, 0.2) is 5.78 Å². The van der Waals surface area contributed by atoms with Crippen molar-refractivity contribution in [3.05, 3.63) is 101 Å². The summed E-state index contributed by atoms with van der Waals surface area (Å²) in [6.45, 7) is 0. The van der Waals surface area contributed by atoms with Gasteiger partial charge in [-0.2, -0.15) is 0 Å². The molecule has 3 heterocycles. The van der Waals surface area contributed by atoms with Crippen molar-refractivity contribution in [2.75, 3.05) is 12.4 Å². The van der Waals surface area contributed by atoms with Crippen LogP contribution in [0.1, 0.15) is 37.9 Å². The Morgan fingerprint density at radius 3 is 2.72 bits per heavy atom. The van der Waals surface area contributed by atoms with Crippen molar-refractivity contribution in [3.8, 4) is 17.6 Å². The van der Waals surface area contributed by atoms with Gasteiger partial charge in [-0.25, -0.2) is 15.0 Å². The summed E-state index contributed by atoms with van der Waals surface area (Å²) in [6, 6.07) is 17.6. The minimum Gasteiger partial charge on any atom is -0.497 e. The second kappa shape index (κ2) is 9.95. The lowest BCUT2D eigenvalue weighted by atomic mass is 10.1. The first-order chi connectivity index (χ1) is 17.6. The van der Waals surface area contributed by atoms with E-state index < -0.39 is 5.91 Å². The Bertz CT molecular complexity index is 1630. The minimum atomic E-state index is -0.456. The van der Waals surface area contributed by atoms with Crippen LogP contribution in [-0.4, -0.2) is 43.7 Å². The van der Waals surface area contributed by atoms with E-state index in [1.54, 1.807) is 55.9 Å². The molecule has 1 amide bonds. The first-order valence-corrected chi connectivity index (χ1v) is 11.0. The number of ketones is 1. The zero-order valence-electron chi connectivity index (χ0n) is 19.2. The standard InChI is InChI=1S/C27H20N6O3/c1-36-19-7-2-5-17(15-19)11-12-18-6-3-10-22(30-18)26(35)33-27-31-21-9-4-8-20(25(21)32-27)23(34)16-24-28-13-14-29-24/h2-10,13-15H,16H2,1H3,(H,28,29)(H2,31,32,33,35). The van der Waals surface area contributed by atoms with Crippen LogP contribution in [0, 0.1) is 11.8 Å². The van der Waals surface area contributed by atoms with E-state index in [2.05, 4.69) is 42.1 Å². The number of fused-ring (bicyclic) bond motifs is 1. The van der Waals surface area contributed by atoms with Crippen LogP contribution in [-0.2, 0) is 6.42 Å². The van der Waals surface area contributed by atoms with E-state index in [0.717, 1.165) is 5.56 Å². The average molecular weight is 476 g/mol. The van der Waals surface area contributed by atoms with E-state index in [-0.39, 0.29) is 23.8 Å². The van der Waals surface area contributed by atoms with Crippen LogP contribution in [0.3, 0.4) is 0 Å². The predicted molar refractivity (Wildman–Crippen MR) is 134 cm³/mol. The Balaban J connectivity index is 1.34. The molecular formula is C27H20N6O3. The van der Waals surface area contributed by atoms with Gasteiger partial charge in [-0.1, -0.05) is 24.1 Å². The van der Waals surface area contributed by atoms with Crippen LogP contribution >= 0.6 is 0 Å². The van der Waals surface area contributed by atoms with E-state index in [4.69, 9.17) is 4.74 Å². The summed E-state index contributed by atoms with van der Waals surface area (Å²) in [5.74, 6) is 6.88.